The van der Waals surface area contributed by atoms with Crippen LogP contribution in [0.15, 0.2) is 0 Å². The molecule has 0 amide bonds. The maximum absolute atomic E-state index is 10.6. The first-order valence-corrected chi connectivity index (χ1v) is 4.88. The van der Waals surface area contributed by atoms with Gasteiger partial charge in [-0.25, -0.2) is 5.14 Å². The summed E-state index contributed by atoms with van der Waals surface area (Å²) < 4.78 is 27.1. The topological polar surface area (TPSA) is 110 Å². The van der Waals surface area contributed by atoms with Crippen LogP contribution in [0, 0.1) is 0 Å². The molecule has 78 valence electrons. The summed E-state index contributed by atoms with van der Waals surface area (Å²) in [5.41, 5.74) is 0. The molecule has 0 saturated carbocycles. The average molecular weight is 212 g/mol. The van der Waals surface area contributed by atoms with Gasteiger partial charge in [0.2, 0.25) is 0 Å². The number of carbonyl (C=O) groups is 1. The molecular weight excluding hydrogens is 200 g/mol. The Hall–Kier alpha value is -0.700. The van der Waals surface area contributed by atoms with Crippen LogP contribution >= 0.6 is 0 Å². The number of nitrogens with zero attached hydrogens (tertiary/aromatic N) is 1. The van der Waals surface area contributed by atoms with Crippen LogP contribution in [0.1, 0.15) is 6.42 Å². The second kappa shape index (κ2) is 5.12. The fourth-order valence-corrected chi connectivity index (χ4v) is 1.75. The van der Waals surface area contributed by atoms with Crippen LogP contribution in [-0.4, -0.2) is 44.2 Å². The third kappa shape index (κ3) is 3.68. The van der Waals surface area contributed by atoms with E-state index in [1.807, 2.05) is 0 Å². The maximum atomic E-state index is 10.6. The molecule has 0 spiro atoms. The molecule has 1 fully saturated rings. The molecule has 1 rings (SSSR count). The first-order chi connectivity index (χ1) is 5.97. The van der Waals surface area contributed by atoms with Crippen molar-refractivity contribution >= 4 is 16.7 Å². The fourth-order valence-electron chi connectivity index (χ4n) is 0.866. The molecule has 1 atom stereocenters. The highest BCUT2D eigenvalue weighted by Crippen LogP contribution is 2.19. The minimum absolute atomic E-state index is 0.250. The molecule has 0 aliphatic carbocycles. The summed E-state index contributed by atoms with van der Waals surface area (Å²) in [6, 6.07) is 0. The van der Waals surface area contributed by atoms with E-state index in [1.165, 1.54) is 7.11 Å². The lowest BCUT2D eigenvalue weighted by Gasteiger charge is -2.36. The first kappa shape index (κ1) is 12.3. The second-order valence-corrected chi connectivity index (χ2v) is 3.74. The van der Waals surface area contributed by atoms with Gasteiger partial charge >= 0.3 is 0 Å². The van der Waals surface area contributed by atoms with Crippen LogP contribution in [-0.2, 0) is 19.7 Å². The van der Waals surface area contributed by atoms with E-state index in [-0.39, 0.29) is 12.7 Å². The smallest absolute Gasteiger partial charge is 0.290 e. The number of rotatable bonds is 2. The van der Waals surface area contributed by atoms with Gasteiger partial charge < -0.3 is 9.84 Å². The summed E-state index contributed by atoms with van der Waals surface area (Å²) in [6.07, 6.45) is 0.391. The SMILES string of the molecule is COC1CCN1S(N)(=O)=O.O=CO. The highest BCUT2D eigenvalue weighted by atomic mass is 32.2. The summed E-state index contributed by atoms with van der Waals surface area (Å²) in [7, 11) is -2.06. The van der Waals surface area contributed by atoms with E-state index >= 15 is 0 Å². The quantitative estimate of drug-likeness (QED) is 0.545. The second-order valence-electron chi connectivity index (χ2n) is 2.24. The normalized spacial score (nSPS) is 22.5. The summed E-state index contributed by atoms with van der Waals surface area (Å²) in [6.45, 7) is 0.220. The number of hydrogen-bond donors (Lipinski definition) is 2. The zero-order valence-electron chi connectivity index (χ0n) is 7.08. The van der Waals surface area contributed by atoms with Gasteiger partial charge in [0.1, 0.15) is 6.23 Å². The predicted molar refractivity (Wildman–Crippen MR) is 43.9 cm³/mol. The van der Waals surface area contributed by atoms with Crippen molar-refractivity contribution in [2.24, 2.45) is 5.14 Å². The van der Waals surface area contributed by atoms with E-state index in [2.05, 4.69) is 0 Å². The summed E-state index contributed by atoms with van der Waals surface area (Å²) in [5.74, 6) is 0. The Labute approximate surface area is 76.3 Å². The number of carboxylic acid groups (broad SMARTS) is 1. The van der Waals surface area contributed by atoms with Crippen molar-refractivity contribution in [1.29, 1.82) is 0 Å². The third-order valence-corrected chi connectivity index (χ3v) is 2.59. The molecule has 1 saturated heterocycles. The van der Waals surface area contributed by atoms with Crippen LogP contribution in [0.25, 0.3) is 0 Å². The van der Waals surface area contributed by atoms with Crippen LogP contribution in [0.4, 0.5) is 0 Å². The van der Waals surface area contributed by atoms with Gasteiger partial charge in [0, 0.05) is 20.1 Å². The molecule has 0 aromatic carbocycles. The Kier molecular flexibility index (Phi) is 4.85. The largest absolute Gasteiger partial charge is 0.483 e. The standard InChI is InChI=1S/C4H10N2O3S.CH2O2/c1-9-4-2-3-6(4)10(5,7)8;2-1-3/h4H,2-3H2,1H3,(H2,5,7,8);1H,(H,2,3). The molecule has 0 aromatic rings. The van der Waals surface area contributed by atoms with Crippen molar-refractivity contribution in [2.45, 2.75) is 12.6 Å². The van der Waals surface area contributed by atoms with Crippen molar-refractivity contribution in [1.82, 2.24) is 4.31 Å². The molecule has 0 bridgehead atoms. The molecular formula is C5H12N2O5S. The fraction of sp³-hybridized carbons (Fsp3) is 0.800. The van der Waals surface area contributed by atoms with Gasteiger partial charge in [0.25, 0.3) is 16.7 Å². The van der Waals surface area contributed by atoms with Crippen LogP contribution in [0.2, 0.25) is 0 Å². The molecule has 7 nitrogen and oxygen atoms in total. The average Bonchev–Trinajstić information content (AvgIpc) is 1.82. The summed E-state index contributed by atoms with van der Waals surface area (Å²) >= 11 is 0. The van der Waals surface area contributed by atoms with Crippen molar-refractivity contribution in [3.8, 4) is 0 Å². The van der Waals surface area contributed by atoms with E-state index in [0.717, 1.165) is 10.7 Å². The van der Waals surface area contributed by atoms with Gasteiger partial charge in [-0.15, -0.1) is 0 Å². The summed E-state index contributed by atoms with van der Waals surface area (Å²) in [4.78, 5) is 8.36. The minimum Gasteiger partial charge on any atom is -0.483 e. The Morgan fingerprint density at radius 1 is 1.69 bits per heavy atom. The minimum atomic E-state index is -3.52. The number of ether oxygens (including phenoxy) is 1. The lowest BCUT2D eigenvalue weighted by Crippen LogP contribution is -2.54. The summed E-state index contributed by atoms with van der Waals surface area (Å²) in [5, 5.41) is 11.7. The number of methoxy groups -OCH3 is 1. The van der Waals surface area contributed by atoms with E-state index in [9.17, 15) is 8.42 Å². The van der Waals surface area contributed by atoms with Gasteiger partial charge in [0.15, 0.2) is 0 Å². The number of nitrogens with two attached hydrogens (primary N) is 1. The highest BCUT2D eigenvalue weighted by Gasteiger charge is 2.35. The molecule has 1 unspecified atom stereocenters. The third-order valence-electron chi connectivity index (χ3n) is 1.52. The predicted octanol–water partition coefficient (Wildman–Crippen LogP) is -1.43. The van der Waals surface area contributed by atoms with Crippen molar-refractivity contribution in [3.63, 3.8) is 0 Å². The molecule has 1 aliphatic heterocycles. The van der Waals surface area contributed by atoms with E-state index in [1.54, 1.807) is 0 Å². The van der Waals surface area contributed by atoms with Gasteiger partial charge in [-0.05, 0) is 0 Å². The Balaban J connectivity index is 0.000000424. The Morgan fingerprint density at radius 3 is 2.23 bits per heavy atom. The lowest BCUT2D eigenvalue weighted by molar-refractivity contribution is -0.122. The zero-order chi connectivity index (χ0) is 10.5. The Bertz CT molecular complexity index is 250. The van der Waals surface area contributed by atoms with Crippen LogP contribution in [0.5, 0.6) is 0 Å². The molecule has 0 aromatic heterocycles. The molecule has 1 aliphatic rings. The molecule has 1 heterocycles. The maximum Gasteiger partial charge on any atom is 0.290 e. The van der Waals surface area contributed by atoms with Gasteiger partial charge in [-0.1, -0.05) is 0 Å². The Morgan fingerprint density at radius 2 is 2.15 bits per heavy atom. The monoisotopic (exact) mass is 212 g/mol. The van der Waals surface area contributed by atoms with E-state index in [0.29, 0.717) is 6.54 Å². The van der Waals surface area contributed by atoms with Gasteiger partial charge in [-0.3, -0.25) is 4.79 Å². The molecule has 3 N–H and O–H groups in total. The van der Waals surface area contributed by atoms with Crippen LogP contribution in [0.3, 0.4) is 0 Å². The van der Waals surface area contributed by atoms with Gasteiger partial charge in [0.05, 0.1) is 0 Å². The zero-order valence-corrected chi connectivity index (χ0v) is 7.90. The molecule has 13 heavy (non-hydrogen) atoms. The number of hydrogen-bond acceptors (Lipinski definition) is 4. The molecule has 8 heteroatoms. The van der Waals surface area contributed by atoms with Gasteiger partial charge in [-0.2, -0.15) is 12.7 Å². The lowest BCUT2D eigenvalue weighted by atomic mass is 10.2. The molecule has 0 radical (unpaired) electrons. The van der Waals surface area contributed by atoms with E-state index < -0.39 is 10.2 Å². The van der Waals surface area contributed by atoms with Crippen molar-refractivity contribution < 1.29 is 23.1 Å². The van der Waals surface area contributed by atoms with Crippen molar-refractivity contribution in [3.05, 3.63) is 0 Å². The van der Waals surface area contributed by atoms with E-state index in [4.69, 9.17) is 19.8 Å². The van der Waals surface area contributed by atoms with Crippen molar-refractivity contribution in [2.75, 3.05) is 13.7 Å². The van der Waals surface area contributed by atoms with Crippen LogP contribution < -0.4 is 5.14 Å². The highest BCUT2D eigenvalue weighted by molar-refractivity contribution is 7.86. The first-order valence-electron chi connectivity index (χ1n) is 3.37.